The molecule has 3 nitrogen and oxygen atoms in total. The van der Waals surface area contributed by atoms with Crippen LogP contribution in [0.1, 0.15) is 19.4 Å². The van der Waals surface area contributed by atoms with Crippen LogP contribution in [0.4, 0.5) is 13.2 Å². The molecular weight excluding hydrogens is 295 g/mol. The van der Waals surface area contributed by atoms with Crippen molar-refractivity contribution >= 4 is 18.4 Å². The maximum absolute atomic E-state index is 13.7. The van der Waals surface area contributed by atoms with E-state index in [1.54, 1.807) is 0 Å². The standard InChI is InChI=1S/C16H16F3NO2/c1-4-22-15(21)16(18,19)11(2)5-10-14(20-3)12-6-8-13(17)9-7-12/h5-10H,3-4H2,1-2H3/b11-5+,14-10-. The van der Waals surface area contributed by atoms with Crippen molar-refractivity contribution in [3.05, 3.63) is 53.4 Å². The van der Waals surface area contributed by atoms with Crippen LogP contribution in [0.5, 0.6) is 0 Å². The molecule has 0 aliphatic carbocycles. The Morgan fingerprint density at radius 3 is 2.41 bits per heavy atom. The minimum atomic E-state index is -3.72. The van der Waals surface area contributed by atoms with E-state index >= 15 is 0 Å². The summed E-state index contributed by atoms with van der Waals surface area (Å²) >= 11 is 0. The third kappa shape index (κ3) is 4.31. The predicted molar refractivity (Wildman–Crippen MR) is 79.3 cm³/mol. The zero-order chi connectivity index (χ0) is 16.8. The number of carbonyl (C=O) groups excluding carboxylic acids is 1. The minimum Gasteiger partial charge on any atom is -0.461 e. The molecule has 0 fully saturated rings. The van der Waals surface area contributed by atoms with E-state index in [2.05, 4.69) is 16.4 Å². The number of carbonyl (C=O) groups is 1. The lowest BCUT2D eigenvalue weighted by Crippen LogP contribution is -2.32. The molecule has 0 aliphatic heterocycles. The number of halogens is 3. The maximum Gasteiger partial charge on any atom is 0.381 e. The predicted octanol–water partition coefficient (Wildman–Crippen LogP) is 4.01. The number of aliphatic imine (C=N–C) groups is 1. The van der Waals surface area contributed by atoms with Crippen LogP contribution in [-0.4, -0.2) is 25.2 Å². The van der Waals surface area contributed by atoms with Crippen LogP contribution in [0.15, 0.2) is 47.0 Å². The van der Waals surface area contributed by atoms with Gasteiger partial charge in [-0.3, -0.25) is 4.99 Å². The van der Waals surface area contributed by atoms with E-state index in [1.165, 1.54) is 37.3 Å². The van der Waals surface area contributed by atoms with E-state index in [9.17, 15) is 18.0 Å². The molecule has 1 aromatic rings. The van der Waals surface area contributed by atoms with Gasteiger partial charge in [0.15, 0.2) is 0 Å². The van der Waals surface area contributed by atoms with E-state index in [4.69, 9.17) is 0 Å². The van der Waals surface area contributed by atoms with Gasteiger partial charge in [0.05, 0.1) is 12.3 Å². The van der Waals surface area contributed by atoms with Gasteiger partial charge in [-0.2, -0.15) is 8.78 Å². The molecule has 0 aliphatic rings. The Hall–Kier alpha value is -2.37. The van der Waals surface area contributed by atoms with Gasteiger partial charge in [-0.15, -0.1) is 0 Å². The monoisotopic (exact) mass is 311 g/mol. The van der Waals surface area contributed by atoms with E-state index in [1.807, 2.05) is 0 Å². The van der Waals surface area contributed by atoms with E-state index in [0.29, 0.717) is 5.56 Å². The molecule has 0 saturated heterocycles. The third-order valence-electron chi connectivity index (χ3n) is 2.83. The van der Waals surface area contributed by atoms with Gasteiger partial charge in [-0.25, -0.2) is 9.18 Å². The second kappa shape index (κ2) is 7.59. The Balaban J connectivity index is 3.05. The summed E-state index contributed by atoms with van der Waals surface area (Å²) in [7, 11) is 0. The molecule has 22 heavy (non-hydrogen) atoms. The van der Waals surface area contributed by atoms with Crippen molar-refractivity contribution in [1.29, 1.82) is 0 Å². The maximum atomic E-state index is 13.7. The first kappa shape index (κ1) is 17.7. The Kier molecular flexibility index (Phi) is 6.10. The first-order valence-electron chi connectivity index (χ1n) is 6.49. The minimum absolute atomic E-state index is 0.132. The largest absolute Gasteiger partial charge is 0.461 e. The molecule has 0 heterocycles. The number of esters is 1. The Morgan fingerprint density at radius 2 is 1.91 bits per heavy atom. The SMILES string of the molecule is C=N/C(=C\C=C(/C)C(F)(F)C(=O)OCC)c1ccc(F)cc1. The van der Waals surface area contributed by atoms with E-state index < -0.39 is 23.3 Å². The summed E-state index contributed by atoms with van der Waals surface area (Å²) in [4.78, 5) is 14.9. The van der Waals surface area contributed by atoms with Crippen molar-refractivity contribution in [3.8, 4) is 0 Å². The quantitative estimate of drug-likeness (QED) is 0.452. The average Bonchev–Trinajstić information content (AvgIpc) is 2.49. The highest BCUT2D eigenvalue weighted by Crippen LogP contribution is 2.26. The van der Waals surface area contributed by atoms with Crippen molar-refractivity contribution in [3.63, 3.8) is 0 Å². The van der Waals surface area contributed by atoms with Crippen molar-refractivity contribution in [1.82, 2.24) is 0 Å². The molecule has 0 aromatic heterocycles. The van der Waals surface area contributed by atoms with E-state index in [0.717, 1.165) is 13.0 Å². The Morgan fingerprint density at radius 1 is 1.32 bits per heavy atom. The molecule has 1 aromatic carbocycles. The molecule has 0 amide bonds. The van der Waals surface area contributed by atoms with Gasteiger partial charge in [0, 0.05) is 11.1 Å². The molecular formula is C16H16F3NO2. The zero-order valence-electron chi connectivity index (χ0n) is 12.3. The van der Waals surface area contributed by atoms with Crippen LogP contribution in [0.2, 0.25) is 0 Å². The summed E-state index contributed by atoms with van der Waals surface area (Å²) in [6.45, 7) is 5.77. The number of hydrogen-bond acceptors (Lipinski definition) is 3. The fraction of sp³-hybridized carbons (Fsp3) is 0.250. The first-order chi connectivity index (χ1) is 10.3. The highest BCUT2D eigenvalue weighted by Gasteiger charge is 2.42. The summed E-state index contributed by atoms with van der Waals surface area (Å²) in [5, 5.41) is 0. The summed E-state index contributed by atoms with van der Waals surface area (Å²) < 4.78 is 44.7. The number of rotatable bonds is 6. The van der Waals surface area contributed by atoms with Gasteiger partial charge >= 0.3 is 11.9 Å². The molecule has 0 N–H and O–H groups in total. The first-order valence-corrected chi connectivity index (χ1v) is 6.49. The number of nitrogens with zero attached hydrogens (tertiary/aromatic N) is 1. The second-order valence-corrected chi connectivity index (χ2v) is 4.36. The van der Waals surface area contributed by atoms with Crippen LogP contribution in [0.3, 0.4) is 0 Å². The van der Waals surface area contributed by atoms with Gasteiger partial charge in [0.25, 0.3) is 0 Å². The molecule has 0 radical (unpaired) electrons. The van der Waals surface area contributed by atoms with Gasteiger partial charge in [-0.1, -0.05) is 6.08 Å². The van der Waals surface area contributed by atoms with Crippen LogP contribution in [-0.2, 0) is 9.53 Å². The van der Waals surface area contributed by atoms with Crippen LogP contribution < -0.4 is 0 Å². The number of alkyl halides is 2. The lowest BCUT2D eigenvalue weighted by molar-refractivity contribution is -0.165. The van der Waals surface area contributed by atoms with Crippen molar-refractivity contribution < 1.29 is 22.7 Å². The molecule has 0 atom stereocenters. The normalized spacial score (nSPS) is 13.0. The van der Waals surface area contributed by atoms with Gasteiger partial charge in [-0.05, 0) is 50.9 Å². The molecule has 0 spiro atoms. The summed E-state index contributed by atoms with van der Waals surface area (Å²) in [6, 6.07) is 5.33. The highest BCUT2D eigenvalue weighted by molar-refractivity contribution is 5.81. The molecule has 1 rings (SSSR count). The zero-order valence-corrected chi connectivity index (χ0v) is 12.3. The third-order valence-corrected chi connectivity index (χ3v) is 2.83. The van der Waals surface area contributed by atoms with Crippen molar-refractivity contribution in [2.24, 2.45) is 4.99 Å². The molecule has 6 heteroatoms. The van der Waals surface area contributed by atoms with E-state index in [-0.39, 0.29) is 12.3 Å². The molecule has 0 unspecified atom stereocenters. The molecule has 0 saturated carbocycles. The number of ether oxygens (including phenoxy) is 1. The highest BCUT2D eigenvalue weighted by atomic mass is 19.3. The lowest BCUT2D eigenvalue weighted by Gasteiger charge is -2.14. The van der Waals surface area contributed by atoms with Crippen LogP contribution in [0.25, 0.3) is 5.70 Å². The van der Waals surface area contributed by atoms with Gasteiger partial charge < -0.3 is 4.74 Å². The van der Waals surface area contributed by atoms with Crippen LogP contribution in [0, 0.1) is 5.82 Å². The molecule has 0 bridgehead atoms. The van der Waals surface area contributed by atoms with Crippen molar-refractivity contribution in [2.45, 2.75) is 19.8 Å². The summed E-state index contributed by atoms with van der Waals surface area (Å²) in [5.74, 6) is -5.75. The fourth-order valence-corrected chi connectivity index (χ4v) is 1.55. The summed E-state index contributed by atoms with van der Waals surface area (Å²) in [6.07, 6.45) is 2.34. The Labute approximate surface area is 126 Å². The number of benzene rings is 1. The van der Waals surface area contributed by atoms with Gasteiger partial charge in [0.1, 0.15) is 5.82 Å². The smallest absolute Gasteiger partial charge is 0.381 e. The number of hydrogen-bond donors (Lipinski definition) is 0. The second-order valence-electron chi connectivity index (χ2n) is 4.36. The Bertz CT molecular complexity index is 604. The average molecular weight is 311 g/mol. The lowest BCUT2D eigenvalue weighted by atomic mass is 10.1. The van der Waals surface area contributed by atoms with Crippen LogP contribution >= 0.6 is 0 Å². The van der Waals surface area contributed by atoms with Crippen molar-refractivity contribution in [2.75, 3.05) is 6.61 Å². The number of allylic oxidation sites excluding steroid dienone is 2. The molecule has 118 valence electrons. The van der Waals surface area contributed by atoms with Gasteiger partial charge in [0.2, 0.25) is 0 Å². The topological polar surface area (TPSA) is 38.7 Å². The summed E-state index contributed by atoms with van der Waals surface area (Å²) in [5.41, 5.74) is 0.299. The fourth-order valence-electron chi connectivity index (χ4n) is 1.55.